The van der Waals surface area contributed by atoms with E-state index < -0.39 is 0 Å². The van der Waals surface area contributed by atoms with E-state index in [0.29, 0.717) is 47.3 Å². The maximum atomic E-state index is 13.7. The van der Waals surface area contributed by atoms with Crippen LogP contribution in [0.3, 0.4) is 0 Å². The number of hydrogen-bond donors (Lipinski definition) is 0. The molecule has 0 saturated heterocycles. The molecule has 0 aliphatic carbocycles. The van der Waals surface area contributed by atoms with Crippen LogP contribution >= 0.6 is 0 Å². The van der Waals surface area contributed by atoms with Gasteiger partial charge < -0.3 is 28.6 Å². The van der Waals surface area contributed by atoms with Crippen LogP contribution in [-0.4, -0.2) is 46.4 Å². The van der Waals surface area contributed by atoms with E-state index in [9.17, 15) is 4.79 Å². The number of amides is 1. The van der Waals surface area contributed by atoms with Crippen molar-refractivity contribution in [1.82, 2.24) is 4.90 Å². The molecule has 0 N–H and O–H groups in total. The Labute approximate surface area is 199 Å². The molecule has 178 valence electrons. The molecule has 3 aromatic carbocycles. The normalized spacial score (nSPS) is 14.7. The first-order chi connectivity index (χ1) is 16.5. The van der Waals surface area contributed by atoms with Gasteiger partial charge in [0.05, 0.1) is 48.1 Å². The van der Waals surface area contributed by atoms with Crippen LogP contribution in [0.15, 0.2) is 54.6 Å². The van der Waals surface area contributed by atoms with Gasteiger partial charge in [-0.25, -0.2) is 0 Å². The van der Waals surface area contributed by atoms with Gasteiger partial charge in [-0.2, -0.15) is 0 Å². The second kappa shape index (κ2) is 9.95. The molecular weight excluding hydrogens is 434 g/mol. The van der Waals surface area contributed by atoms with Crippen LogP contribution in [0.1, 0.15) is 33.1 Å². The molecule has 0 spiro atoms. The maximum absolute atomic E-state index is 13.7. The molecule has 0 bridgehead atoms. The van der Waals surface area contributed by atoms with E-state index in [1.54, 1.807) is 35.5 Å². The molecule has 34 heavy (non-hydrogen) atoms. The lowest BCUT2D eigenvalue weighted by molar-refractivity contribution is 0.0634. The Morgan fingerprint density at radius 2 is 1.44 bits per heavy atom. The lowest BCUT2D eigenvalue weighted by Crippen LogP contribution is -2.39. The fourth-order valence-electron chi connectivity index (χ4n) is 4.49. The fourth-order valence-corrected chi connectivity index (χ4v) is 4.49. The van der Waals surface area contributed by atoms with Crippen molar-refractivity contribution in [1.29, 1.82) is 0 Å². The van der Waals surface area contributed by atoms with Crippen LogP contribution in [0.2, 0.25) is 0 Å². The molecule has 0 radical (unpaired) electrons. The predicted octanol–water partition coefficient (Wildman–Crippen LogP) is 4.67. The third-order valence-corrected chi connectivity index (χ3v) is 6.20. The van der Waals surface area contributed by atoms with Crippen LogP contribution in [-0.2, 0) is 13.0 Å². The summed E-state index contributed by atoms with van der Waals surface area (Å²) in [6.07, 6.45) is 0.570. The maximum Gasteiger partial charge on any atom is 0.254 e. The molecule has 1 aliphatic rings. The fraction of sp³-hybridized carbons (Fsp3) is 0.296. The van der Waals surface area contributed by atoms with Gasteiger partial charge in [0.25, 0.3) is 5.91 Å². The molecule has 7 nitrogen and oxygen atoms in total. The quantitative estimate of drug-likeness (QED) is 0.507. The number of rotatable bonds is 7. The van der Waals surface area contributed by atoms with E-state index in [1.165, 1.54) is 0 Å². The summed E-state index contributed by atoms with van der Waals surface area (Å²) < 4.78 is 27.8. The highest BCUT2D eigenvalue weighted by Gasteiger charge is 2.34. The van der Waals surface area contributed by atoms with E-state index in [2.05, 4.69) is 0 Å². The SMILES string of the molecule is COc1cc2c(c(OC)c1)CN(C(=O)c1ccccc1)C(c1cc(OC)c(OC)c(OC)c1)C2. The average Bonchev–Trinajstić information content (AvgIpc) is 2.90. The van der Waals surface area contributed by atoms with Gasteiger partial charge in [0.1, 0.15) is 11.5 Å². The third-order valence-electron chi connectivity index (χ3n) is 6.20. The Hall–Kier alpha value is -3.87. The van der Waals surface area contributed by atoms with Crippen molar-refractivity contribution in [2.75, 3.05) is 35.5 Å². The van der Waals surface area contributed by atoms with Crippen molar-refractivity contribution in [3.05, 3.63) is 76.9 Å². The molecule has 1 aliphatic heterocycles. The number of fused-ring (bicyclic) bond motifs is 1. The molecule has 4 rings (SSSR count). The van der Waals surface area contributed by atoms with Crippen LogP contribution in [0.4, 0.5) is 0 Å². The summed E-state index contributed by atoms with van der Waals surface area (Å²) in [4.78, 5) is 15.6. The summed E-state index contributed by atoms with van der Waals surface area (Å²) in [6.45, 7) is 0.386. The molecule has 3 aromatic rings. The molecule has 1 amide bonds. The Morgan fingerprint density at radius 3 is 2.00 bits per heavy atom. The van der Waals surface area contributed by atoms with Gasteiger partial charge in [0, 0.05) is 17.2 Å². The molecule has 7 heteroatoms. The predicted molar refractivity (Wildman–Crippen MR) is 128 cm³/mol. The summed E-state index contributed by atoms with van der Waals surface area (Å²) in [7, 11) is 8.00. The van der Waals surface area contributed by atoms with Crippen LogP contribution in [0.5, 0.6) is 28.7 Å². The zero-order chi connectivity index (χ0) is 24.2. The van der Waals surface area contributed by atoms with Crippen molar-refractivity contribution in [3.63, 3.8) is 0 Å². The topological polar surface area (TPSA) is 66.5 Å². The monoisotopic (exact) mass is 463 g/mol. The van der Waals surface area contributed by atoms with E-state index in [1.807, 2.05) is 59.5 Å². The molecular formula is C27H29NO6. The Kier molecular flexibility index (Phi) is 6.82. The van der Waals surface area contributed by atoms with Gasteiger partial charge in [-0.15, -0.1) is 0 Å². The van der Waals surface area contributed by atoms with Crippen LogP contribution in [0.25, 0.3) is 0 Å². The molecule has 1 atom stereocenters. The van der Waals surface area contributed by atoms with Gasteiger partial charge in [-0.05, 0) is 47.9 Å². The number of carbonyl (C=O) groups excluding carboxylic acids is 1. The standard InChI is InChI=1S/C27H29NO6/c1-30-20-11-18-12-22(19-13-24(32-3)26(34-5)25(14-19)33-4)28(16-21(18)23(15-20)31-2)27(29)17-9-7-6-8-10-17/h6-11,13-15,22H,12,16H2,1-5H3. The van der Waals surface area contributed by atoms with Crippen molar-refractivity contribution in [2.24, 2.45) is 0 Å². The first-order valence-electron chi connectivity index (χ1n) is 10.9. The van der Waals surface area contributed by atoms with Gasteiger partial charge in [0.2, 0.25) is 5.75 Å². The minimum Gasteiger partial charge on any atom is -0.497 e. The highest BCUT2D eigenvalue weighted by molar-refractivity contribution is 5.94. The zero-order valence-electron chi connectivity index (χ0n) is 20.1. The number of hydrogen-bond acceptors (Lipinski definition) is 6. The lowest BCUT2D eigenvalue weighted by atomic mass is 9.88. The van der Waals surface area contributed by atoms with E-state index in [0.717, 1.165) is 16.7 Å². The number of carbonyl (C=O) groups is 1. The number of methoxy groups -OCH3 is 5. The number of benzene rings is 3. The Balaban J connectivity index is 1.87. The molecule has 1 heterocycles. The summed E-state index contributed by atoms with van der Waals surface area (Å²) in [6, 6.07) is 16.7. The van der Waals surface area contributed by atoms with Crippen molar-refractivity contribution in [3.8, 4) is 28.7 Å². The van der Waals surface area contributed by atoms with Crippen molar-refractivity contribution >= 4 is 5.91 Å². The van der Waals surface area contributed by atoms with Gasteiger partial charge in [-0.1, -0.05) is 18.2 Å². The van der Waals surface area contributed by atoms with E-state index in [-0.39, 0.29) is 11.9 Å². The molecule has 1 unspecified atom stereocenters. The van der Waals surface area contributed by atoms with Gasteiger partial charge in [0.15, 0.2) is 11.5 Å². The molecule has 0 saturated carbocycles. The van der Waals surface area contributed by atoms with E-state index in [4.69, 9.17) is 23.7 Å². The second-order valence-electron chi connectivity index (χ2n) is 7.95. The lowest BCUT2D eigenvalue weighted by Gasteiger charge is -2.38. The van der Waals surface area contributed by atoms with Gasteiger partial charge >= 0.3 is 0 Å². The largest absolute Gasteiger partial charge is 0.497 e. The summed E-state index contributed by atoms with van der Waals surface area (Å²) in [5, 5.41) is 0. The number of nitrogens with zero attached hydrogens (tertiary/aromatic N) is 1. The van der Waals surface area contributed by atoms with Crippen LogP contribution < -0.4 is 23.7 Å². The van der Waals surface area contributed by atoms with Gasteiger partial charge in [-0.3, -0.25) is 4.79 Å². The van der Waals surface area contributed by atoms with Crippen molar-refractivity contribution in [2.45, 2.75) is 19.0 Å². The molecule has 0 aromatic heterocycles. The molecule has 0 fully saturated rings. The number of ether oxygens (including phenoxy) is 5. The third kappa shape index (κ3) is 4.21. The van der Waals surface area contributed by atoms with Crippen molar-refractivity contribution < 1.29 is 28.5 Å². The average molecular weight is 464 g/mol. The summed E-state index contributed by atoms with van der Waals surface area (Å²) >= 11 is 0. The first-order valence-corrected chi connectivity index (χ1v) is 10.9. The minimum absolute atomic E-state index is 0.0668. The Morgan fingerprint density at radius 1 is 0.794 bits per heavy atom. The smallest absolute Gasteiger partial charge is 0.254 e. The van der Waals surface area contributed by atoms with Crippen LogP contribution in [0, 0.1) is 0 Å². The van der Waals surface area contributed by atoms with E-state index >= 15 is 0 Å². The minimum atomic E-state index is -0.272. The second-order valence-corrected chi connectivity index (χ2v) is 7.95. The first kappa shape index (κ1) is 23.3. The highest BCUT2D eigenvalue weighted by Crippen LogP contribution is 2.45. The summed E-state index contributed by atoms with van der Waals surface area (Å²) in [5.41, 5.74) is 3.53. The Bertz CT molecular complexity index is 1150. The zero-order valence-corrected chi connectivity index (χ0v) is 20.1. The highest BCUT2D eigenvalue weighted by atomic mass is 16.5. The summed E-state index contributed by atoms with van der Waals surface area (Å²) in [5.74, 6) is 2.93.